The van der Waals surface area contributed by atoms with Crippen molar-refractivity contribution in [2.75, 3.05) is 7.05 Å². The van der Waals surface area contributed by atoms with Crippen molar-refractivity contribution in [3.05, 3.63) is 22.4 Å². The van der Waals surface area contributed by atoms with Crippen molar-refractivity contribution >= 4 is 23.3 Å². The fourth-order valence-corrected chi connectivity index (χ4v) is 1.99. The van der Waals surface area contributed by atoms with Crippen LogP contribution in [0.15, 0.2) is 17.5 Å². The number of imide groups is 1. The smallest absolute Gasteiger partial charge is 0.321 e. The number of amides is 3. The van der Waals surface area contributed by atoms with Gasteiger partial charge >= 0.3 is 6.03 Å². The van der Waals surface area contributed by atoms with Crippen molar-refractivity contribution < 1.29 is 9.59 Å². The molecule has 0 aliphatic carbocycles. The molecule has 68 valence electrons. The van der Waals surface area contributed by atoms with Gasteiger partial charge in [0, 0.05) is 11.9 Å². The monoisotopic (exact) mass is 196 g/mol. The summed E-state index contributed by atoms with van der Waals surface area (Å²) in [5.74, 6) is -0.188. The van der Waals surface area contributed by atoms with Crippen LogP contribution in [0.3, 0.4) is 0 Å². The quantitative estimate of drug-likeness (QED) is 0.680. The van der Waals surface area contributed by atoms with E-state index in [0.717, 1.165) is 9.78 Å². The van der Waals surface area contributed by atoms with Gasteiger partial charge in [0.2, 0.25) is 0 Å². The van der Waals surface area contributed by atoms with Crippen LogP contribution in [-0.2, 0) is 4.79 Å². The maximum Gasteiger partial charge on any atom is 0.324 e. The van der Waals surface area contributed by atoms with E-state index in [4.69, 9.17) is 0 Å². The van der Waals surface area contributed by atoms with Crippen molar-refractivity contribution in [3.8, 4) is 0 Å². The molecule has 1 N–H and O–H groups in total. The number of likely N-dealkylation sites (N-methyl/N-ethyl adjacent to an activating group) is 1. The number of carbonyl (C=O) groups excluding carboxylic acids is 2. The standard InChI is InChI=1S/C8H8N2O2S/c1-10-7(11)6(9-8(10)12)5-3-2-4-13-5/h2-4,6H,1H3,(H,9,12). The molecule has 0 bridgehead atoms. The molecule has 1 aromatic rings. The first-order valence-electron chi connectivity index (χ1n) is 3.81. The molecule has 0 spiro atoms. The second kappa shape index (κ2) is 2.85. The minimum Gasteiger partial charge on any atom is -0.321 e. The third kappa shape index (κ3) is 1.21. The van der Waals surface area contributed by atoms with Crippen molar-refractivity contribution in [2.45, 2.75) is 6.04 Å². The van der Waals surface area contributed by atoms with Gasteiger partial charge in [0.25, 0.3) is 5.91 Å². The van der Waals surface area contributed by atoms with Crippen LogP contribution in [0, 0.1) is 0 Å². The van der Waals surface area contributed by atoms with Crippen LogP contribution < -0.4 is 5.32 Å². The van der Waals surface area contributed by atoms with Crippen LogP contribution >= 0.6 is 11.3 Å². The number of urea groups is 1. The molecule has 4 nitrogen and oxygen atoms in total. The van der Waals surface area contributed by atoms with Gasteiger partial charge in [-0.1, -0.05) is 6.07 Å². The highest BCUT2D eigenvalue weighted by Gasteiger charge is 2.36. The predicted octanol–water partition coefficient (Wildman–Crippen LogP) is 0.971. The van der Waals surface area contributed by atoms with Crippen LogP contribution in [0.2, 0.25) is 0 Å². The van der Waals surface area contributed by atoms with Gasteiger partial charge < -0.3 is 5.32 Å². The Bertz CT molecular complexity index is 347. The lowest BCUT2D eigenvalue weighted by atomic mass is 10.2. The number of nitrogens with one attached hydrogen (secondary N) is 1. The van der Waals surface area contributed by atoms with Gasteiger partial charge in [0.1, 0.15) is 6.04 Å². The van der Waals surface area contributed by atoms with Gasteiger partial charge in [-0.15, -0.1) is 11.3 Å². The normalized spacial score (nSPS) is 22.2. The van der Waals surface area contributed by atoms with E-state index < -0.39 is 6.04 Å². The van der Waals surface area contributed by atoms with Gasteiger partial charge in [0.15, 0.2) is 0 Å². The van der Waals surface area contributed by atoms with E-state index in [1.54, 1.807) is 0 Å². The lowest BCUT2D eigenvalue weighted by Crippen LogP contribution is -2.25. The van der Waals surface area contributed by atoms with Crippen LogP contribution in [0.5, 0.6) is 0 Å². The first kappa shape index (κ1) is 8.25. The molecular weight excluding hydrogens is 188 g/mol. The fraction of sp³-hybridized carbons (Fsp3) is 0.250. The van der Waals surface area contributed by atoms with E-state index in [1.807, 2.05) is 17.5 Å². The number of rotatable bonds is 1. The highest BCUT2D eigenvalue weighted by molar-refractivity contribution is 7.10. The van der Waals surface area contributed by atoms with Gasteiger partial charge in [-0.05, 0) is 11.4 Å². The molecule has 0 radical (unpaired) electrons. The van der Waals surface area contributed by atoms with E-state index >= 15 is 0 Å². The Morgan fingerprint density at radius 1 is 1.54 bits per heavy atom. The molecule has 1 atom stereocenters. The minimum atomic E-state index is -0.475. The van der Waals surface area contributed by atoms with Gasteiger partial charge in [-0.3, -0.25) is 9.69 Å². The Labute approximate surface area is 79.2 Å². The maximum absolute atomic E-state index is 11.5. The zero-order chi connectivity index (χ0) is 9.42. The number of hydrogen-bond acceptors (Lipinski definition) is 3. The molecular formula is C8H8N2O2S. The molecule has 0 aromatic carbocycles. The zero-order valence-corrected chi connectivity index (χ0v) is 7.80. The Morgan fingerprint density at radius 3 is 2.77 bits per heavy atom. The van der Waals surface area contributed by atoms with E-state index in [9.17, 15) is 9.59 Å². The fourth-order valence-electron chi connectivity index (χ4n) is 1.22. The predicted molar refractivity (Wildman–Crippen MR) is 48.4 cm³/mol. The van der Waals surface area contributed by atoms with E-state index in [2.05, 4.69) is 5.32 Å². The second-order valence-corrected chi connectivity index (χ2v) is 3.77. The molecule has 0 saturated carbocycles. The topological polar surface area (TPSA) is 49.4 Å². The number of hydrogen-bond donors (Lipinski definition) is 1. The zero-order valence-electron chi connectivity index (χ0n) is 6.98. The summed E-state index contributed by atoms with van der Waals surface area (Å²) in [4.78, 5) is 24.5. The van der Waals surface area contributed by atoms with Gasteiger partial charge in [-0.25, -0.2) is 4.79 Å². The third-order valence-electron chi connectivity index (χ3n) is 1.98. The molecule has 1 unspecified atom stereocenters. The molecule has 1 aliphatic heterocycles. The summed E-state index contributed by atoms with van der Waals surface area (Å²) < 4.78 is 0. The number of carbonyl (C=O) groups is 2. The summed E-state index contributed by atoms with van der Waals surface area (Å²) in [6.07, 6.45) is 0. The Balaban J connectivity index is 2.29. The molecule has 2 heterocycles. The van der Waals surface area contributed by atoms with Gasteiger partial charge in [-0.2, -0.15) is 0 Å². The van der Waals surface area contributed by atoms with Crippen molar-refractivity contribution in [3.63, 3.8) is 0 Å². The average Bonchev–Trinajstić information content (AvgIpc) is 2.70. The van der Waals surface area contributed by atoms with Crippen LogP contribution in [-0.4, -0.2) is 23.9 Å². The molecule has 5 heteroatoms. The summed E-state index contributed by atoms with van der Waals surface area (Å²) in [5, 5.41) is 4.49. The number of nitrogens with zero attached hydrogens (tertiary/aromatic N) is 1. The van der Waals surface area contributed by atoms with Crippen molar-refractivity contribution in [2.24, 2.45) is 0 Å². The van der Waals surface area contributed by atoms with E-state index in [-0.39, 0.29) is 11.9 Å². The summed E-state index contributed by atoms with van der Waals surface area (Å²) in [7, 11) is 1.48. The van der Waals surface area contributed by atoms with E-state index in [1.165, 1.54) is 18.4 Å². The van der Waals surface area contributed by atoms with Crippen molar-refractivity contribution in [1.82, 2.24) is 10.2 Å². The first-order chi connectivity index (χ1) is 6.20. The van der Waals surface area contributed by atoms with Crippen LogP contribution in [0.25, 0.3) is 0 Å². The summed E-state index contributed by atoms with van der Waals surface area (Å²) in [5.41, 5.74) is 0. The van der Waals surface area contributed by atoms with E-state index in [0.29, 0.717) is 0 Å². The highest BCUT2D eigenvalue weighted by Crippen LogP contribution is 2.24. The molecule has 3 amide bonds. The molecule has 1 saturated heterocycles. The SMILES string of the molecule is CN1C(=O)NC(c2cccs2)C1=O. The van der Waals surface area contributed by atoms with Crippen LogP contribution in [0.4, 0.5) is 4.79 Å². The minimum absolute atomic E-state index is 0.188. The third-order valence-corrected chi connectivity index (χ3v) is 2.91. The largest absolute Gasteiger partial charge is 0.324 e. The van der Waals surface area contributed by atoms with Crippen LogP contribution in [0.1, 0.15) is 10.9 Å². The average molecular weight is 196 g/mol. The van der Waals surface area contributed by atoms with Crippen molar-refractivity contribution in [1.29, 1.82) is 0 Å². The second-order valence-electron chi connectivity index (χ2n) is 2.80. The summed E-state index contributed by atoms with van der Waals surface area (Å²) in [6.45, 7) is 0. The highest BCUT2D eigenvalue weighted by atomic mass is 32.1. The first-order valence-corrected chi connectivity index (χ1v) is 4.69. The molecule has 13 heavy (non-hydrogen) atoms. The number of thiophene rings is 1. The Hall–Kier alpha value is -1.36. The maximum atomic E-state index is 11.5. The lowest BCUT2D eigenvalue weighted by molar-refractivity contribution is -0.126. The Morgan fingerprint density at radius 2 is 2.31 bits per heavy atom. The van der Waals surface area contributed by atoms with Gasteiger partial charge in [0.05, 0.1) is 0 Å². The summed E-state index contributed by atoms with van der Waals surface area (Å²) >= 11 is 1.47. The molecule has 1 aromatic heterocycles. The Kier molecular flexibility index (Phi) is 1.81. The lowest BCUT2D eigenvalue weighted by Gasteiger charge is -2.03. The molecule has 1 aliphatic rings. The molecule has 2 rings (SSSR count). The molecule has 1 fully saturated rings. The summed E-state index contributed by atoms with van der Waals surface area (Å²) in [6, 6.07) is 2.89.